The molecule has 0 spiro atoms. The molecule has 0 radical (unpaired) electrons. The summed E-state index contributed by atoms with van der Waals surface area (Å²) in [6, 6.07) is 7.58. The lowest BCUT2D eigenvalue weighted by Crippen LogP contribution is -2.33. The van der Waals surface area contributed by atoms with Gasteiger partial charge in [-0.2, -0.15) is 0 Å². The van der Waals surface area contributed by atoms with Crippen molar-refractivity contribution in [1.29, 1.82) is 0 Å². The Morgan fingerprint density at radius 3 is 2.67 bits per heavy atom. The first-order valence-electron chi connectivity index (χ1n) is 5.36. The van der Waals surface area contributed by atoms with E-state index >= 15 is 0 Å². The summed E-state index contributed by atoms with van der Waals surface area (Å²) < 4.78 is 0. The summed E-state index contributed by atoms with van der Waals surface area (Å²) in [5.41, 5.74) is 6.71. The molecular weight excluding hydrogens is 188 g/mol. The third-order valence-electron chi connectivity index (χ3n) is 2.41. The highest BCUT2D eigenvalue weighted by molar-refractivity contribution is 5.65. The molecule has 0 amide bonds. The standard InChI is InChI=1S/C12H20N2O/c1-3-8-12(2,15)9-14-11-7-5-4-6-10(11)13/h4-7,14-15H,3,8-9,13H2,1-2H3. The molecule has 0 saturated carbocycles. The van der Waals surface area contributed by atoms with Gasteiger partial charge in [-0.15, -0.1) is 0 Å². The lowest BCUT2D eigenvalue weighted by Gasteiger charge is -2.24. The van der Waals surface area contributed by atoms with Gasteiger partial charge < -0.3 is 16.2 Å². The third kappa shape index (κ3) is 3.80. The van der Waals surface area contributed by atoms with Gasteiger partial charge >= 0.3 is 0 Å². The number of benzene rings is 1. The molecule has 3 nitrogen and oxygen atoms in total. The average Bonchev–Trinajstić information content (AvgIpc) is 2.16. The van der Waals surface area contributed by atoms with E-state index in [4.69, 9.17) is 5.73 Å². The maximum Gasteiger partial charge on any atom is 0.0791 e. The fourth-order valence-electron chi connectivity index (χ4n) is 1.57. The molecule has 0 aliphatic carbocycles. The second-order valence-electron chi connectivity index (χ2n) is 4.19. The molecule has 0 aliphatic heterocycles. The highest BCUT2D eigenvalue weighted by Crippen LogP contribution is 2.19. The second-order valence-corrected chi connectivity index (χ2v) is 4.19. The molecule has 0 saturated heterocycles. The molecule has 1 aromatic rings. The van der Waals surface area contributed by atoms with Crippen molar-refractivity contribution in [1.82, 2.24) is 0 Å². The van der Waals surface area contributed by atoms with Crippen LogP contribution in [0.1, 0.15) is 26.7 Å². The van der Waals surface area contributed by atoms with Crippen molar-refractivity contribution >= 4 is 11.4 Å². The van der Waals surface area contributed by atoms with E-state index in [1.807, 2.05) is 31.2 Å². The number of para-hydroxylation sites is 2. The topological polar surface area (TPSA) is 58.3 Å². The fraction of sp³-hybridized carbons (Fsp3) is 0.500. The van der Waals surface area contributed by atoms with Crippen molar-refractivity contribution in [2.24, 2.45) is 0 Å². The van der Waals surface area contributed by atoms with Gasteiger partial charge in [-0.3, -0.25) is 0 Å². The van der Waals surface area contributed by atoms with E-state index in [2.05, 4.69) is 12.2 Å². The van der Waals surface area contributed by atoms with Gasteiger partial charge in [0.2, 0.25) is 0 Å². The van der Waals surface area contributed by atoms with Crippen molar-refractivity contribution in [3.8, 4) is 0 Å². The summed E-state index contributed by atoms with van der Waals surface area (Å²) in [4.78, 5) is 0. The number of nitrogens with one attached hydrogen (secondary N) is 1. The van der Waals surface area contributed by atoms with Gasteiger partial charge in [-0.05, 0) is 25.5 Å². The number of aliphatic hydroxyl groups is 1. The number of rotatable bonds is 5. The highest BCUT2D eigenvalue weighted by atomic mass is 16.3. The fourth-order valence-corrected chi connectivity index (χ4v) is 1.57. The van der Waals surface area contributed by atoms with E-state index < -0.39 is 5.60 Å². The van der Waals surface area contributed by atoms with Gasteiger partial charge in [0.05, 0.1) is 17.0 Å². The Labute approximate surface area is 91.3 Å². The summed E-state index contributed by atoms with van der Waals surface area (Å²) in [6.07, 6.45) is 1.76. The maximum absolute atomic E-state index is 9.96. The number of hydrogen-bond donors (Lipinski definition) is 3. The molecule has 0 heterocycles. The van der Waals surface area contributed by atoms with Crippen LogP contribution in [0.15, 0.2) is 24.3 Å². The molecule has 1 unspecified atom stereocenters. The van der Waals surface area contributed by atoms with Crippen molar-refractivity contribution in [3.63, 3.8) is 0 Å². The normalized spacial score (nSPS) is 14.6. The molecule has 4 N–H and O–H groups in total. The summed E-state index contributed by atoms with van der Waals surface area (Å²) >= 11 is 0. The van der Waals surface area contributed by atoms with E-state index in [1.54, 1.807) is 0 Å². The molecule has 0 aliphatic rings. The first-order valence-corrected chi connectivity index (χ1v) is 5.36. The molecular formula is C12H20N2O. The van der Waals surface area contributed by atoms with Crippen LogP contribution in [0, 0.1) is 0 Å². The highest BCUT2D eigenvalue weighted by Gasteiger charge is 2.18. The minimum Gasteiger partial charge on any atom is -0.397 e. The first-order chi connectivity index (χ1) is 7.05. The average molecular weight is 208 g/mol. The Morgan fingerprint density at radius 1 is 1.40 bits per heavy atom. The monoisotopic (exact) mass is 208 g/mol. The van der Waals surface area contributed by atoms with Gasteiger partial charge in [0.15, 0.2) is 0 Å². The van der Waals surface area contributed by atoms with Gasteiger partial charge in [0.1, 0.15) is 0 Å². The largest absolute Gasteiger partial charge is 0.397 e. The molecule has 3 heteroatoms. The molecule has 0 bridgehead atoms. The Morgan fingerprint density at radius 2 is 2.07 bits per heavy atom. The Balaban J connectivity index is 2.53. The van der Waals surface area contributed by atoms with Crippen LogP contribution in [0.5, 0.6) is 0 Å². The van der Waals surface area contributed by atoms with Crippen LogP contribution in [0.3, 0.4) is 0 Å². The first kappa shape index (κ1) is 11.9. The van der Waals surface area contributed by atoms with E-state index in [-0.39, 0.29) is 0 Å². The SMILES string of the molecule is CCCC(C)(O)CNc1ccccc1N. The van der Waals surface area contributed by atoms with E-state index in [0.29, 0.717) is 12.2 Å². The lowest BCUT2D eigenvalue weighted by atomic mass is 10.0. The molecule has 1 aromatic carbocycles. The Hall–Kier alpha value is -1.22. The maximum atomic E-state index is 9.96. The van der Waals surface area contributed by atoms with E-state index in [1.165, 1.54) is 0 Å². The van der Waals surface area contributed by atoms with Gasteiger partial charge in [-0.1, -0.05) is 25.5 Å². The third-order valence-corrected chi connectivity index (χ3v) is 2.41. The minimum atomic E-state index is -0.670. The van der Waals surface area contributed by atoms with Crippen LogP contribution < -0.4 is 11.1 Å². The molecule has 1 atom stereocenters. The van der Waals surface area contributed by atoms with Crippen molar-refractivity contribution in [2.75, 3.05) is 17.6 Å². The van der Waals surface area contributed by atoms with E-state index in [9.17, 15) is 5.11 Å². The Kier molecular flexibility index (Phi) is 3.97. The van der Waals surface area contributed by atoms with Crippen LogP contribution in [0.4, 0.5) is 11.4 Å². The smallest absolute Gasteiger partial charge is 0.0791 e. The van der Waals surface area contributed by atoms with Crippen LogP contribution in [0.2, 0.25) is 0 Å². The summed E-state index contributed by atoms with van der Waals surface area (Å²) in [7, 11) is 0. The quantitative estimate of drug-likeness (QED) is 0.650. The molecule has 1 rings (SSSR count). The number of nitrogens with two attached hydrogens (primary N) is 1. The predicted molar refractivity (Wildman–Crippen MR) is 64.9 cm³/mol. The van der Waals surface area contributed by atoms with Crippen molar-refractivity contribution in [2.45, 2.75) is 32.3 Å². The molecule has 0 aromatic heterocycles. The summed E-state index contributed by atoms with van der Waals surface area (Å²) in [5, 5.41) is 13.1. The van der Waals surface area contributed by atoms with Crippen LogP contribution in [-0.2, 0) is 0 Å². The van der Waals surface area contributed by atoms with Crippen molar-refractivity contribution < 1.29 is 5.11 Å². The summed E-state index contributed by atoms with van der Waals surface area (Å²) in [5.74, 6) is 0. The van der Waals surface area contributed by atoms with Crippen LogP contribution in [-0.4, -0.2) is 17.3 Å². The minimum absolute atomic E-state index is 0.523. The van der Waals surface area contributed by atoms with Crippen molar-refractivity contribution in [3.05, 3.63) is 24.3 Å². The second kappa shape index (κ2) is 5.03. The van der Waals surface area contributed by atoms with Crippen LogP contribution >= 0.6 is 0 Å². The summed E-state index contributed by atoms with van der Waals surface area (Å²) in [6.45, 7) is 4.42. The van der Waals surface area contributed by atoms with Crippen LogP contribution in [0.25, 0.3) is 0 Å². The number of anilines is 2. The number of nitrogen functional groups attached to an aromatic ring is 1. The Bertz CT molecular complexity index is 310. The zero-order valence-electron chi connectivity index (χ0n) is 9.46. The van der Waals surface area contributed by atoms with Gasteiger partial charge in [-0.25, -0.2) is 0 Å². The number of hydrogen-bond acceptors (Lipinski definition) is 3. The molecule has 0 fully saturated rings. The van der Waals surface area contributed by atoms with Gasteiger partial charge in [0, 0.05) is 6.54 Å². The lowest BCUT2D eigenvalue weighted by molar-refractivity contribution is 0.0637. The zero-order valence-corrected chi connectivity index (χ0v) is 9.46. The molecule has 15 heavy (non-hydrogen) atoms. The van der Waals surface area contributed by atoms with E-state index in [0.717, 1.165) is 18.5 Å². The molecule has 84 valence electrons. The van der Waals surface area contributed by atoms with Gasteiger partial charge in [0.25, 0.3) is 0 Å². The zero-order chi connectivity index (χ0) is 11.3. The predicted octanol–water partition coefficient (Wildman–Crippen LogP) is 2.23.